The summed E-state index contributed by atoms with van der Waals surface area (Å²) in [6.07, 6.45) is 2.19. The Morgan fingerprint density at radius 1 is 0.950 bits per heavy atom. The van der Waals surface area contributed by atoms with Gasteiger partial charge < -0.3 is 0 Å². The Balaban J connectivity index is 2.24. The van der Waals surface area contributed by atoms with E-state index in [4.69, 9.17) is 0 Å². The lowest BCUT2D eigenvalue weighted by Crippen LogP contribution is -2.14. The number of benzene rings is 2. The molecule has 1 nitrogen and oxygen atoms in total. The van der Waals surface area contributed by atoms with Crippen molar-refractivity contribution < 1.29 is 4.79 Å². The minimum absolute atomic E-state index is 0.368. The first-order valence-electron chi connectivity index (χ1n) is 7.27. The predicted molar refractivity (Wildman–Crippen MR) is 83.1 cm³/mol. The van der Waals surface area contributed by atoms with Crippen LogP contribution in [0.2, 0.25) is 0 Å². The molecule has 0 atom stereocenters. The smallest absolute Gasteiger partial charge is 0.137 e. The number of hydrogen-bond acceptors (Lipinski definition) is 1. The van der Waals surface area contributed by atoms with E-state index in [0.29, 0.717) is 18.6 Å². The maximum Gasteiger partial charge on any atom is 0.137 e. The summed E-state index contributed by atoms with van der Waals surface area (Å²) in [5.74, 6) is 0.368. The van der Waals surface area contributed by atoms with Crippen LogP contribution in [-0.2, 0) is 17.6 Å². The van der Waals surface area contributed by atoms with Gasteiger partial charge >= 0.3 is 0 Å². The van der Waals surface area contributed by atoms with Crippen molar-refractivity contribution >= 4 is 5.78 Å². The molecule has 3 rings (SSSR count). The second kappa shape index (κ2) is 4.90. The highest BCUT2D eigenvalue weighted by molar-refractivity contribution is 5.87. The Morgan fingerprint density at radius 3 is 2.35 bits per heavy atom. The highest BCUT2D eigenvalue weighted by Gasteiger charge is 2.20. The number of fused-ring (bicyclic) bond motifs is 1. The van der Waals surface area contributed by atoms with Gasteiger partial charge in [-0.15, -0.1) is 0 Å². The predicted octanol–water partition coefficient (Wildman–Crippen LogP) is 4.34. The molecule has 102 valence electrons. The molecule has 0 heterocycles. The van der Waals surface area contributed by atoms with Crippen LogP contribution in [0.1, 0.15) is 34.2 Å². The molecule has 0 fully saturated rings. The van der Waals surface area contributed by atoms with Crippen molar-refractivity contribution in [2.45, 2.75) is 40.0 Å². The molecule has 0 aromatic heterocycles. The topological polar surface area (TPSA) is 17.1 Å². The molecular weight excluding hydrogens is 244 g/mol. The van der Waals surface area contributed by atoms with Crippen molar-refractivity contribution in [2.75, 3.05) is 0 Å². The molecule has 0 spiro atoms. The van der Waals surface area contributed by atoms with Gasteiger partial charge in [0.15, 0.2) is 0 Å². The van der Waals surface area contributed by atoms with Gasteiger partial charge in [-0.3, -0.25) is 4.79 Å². The van der Waals surface area contributed by atoms with Crippen LogP contribution in [0.3, 0.4) is 0 Å². The standard InChI is InChI=1S/C19H20O/c1-12-9-13(2)19(14(3)10-12)17-6-4-5-15-7-8-16(20)11-18(15)17/h4-6,9-10H,7-8,11H2,1-3H3. The summed E-state index contributed by atoms with van der Waals surface area (Å²) in [5, 5.41) is 0. The zero-order valence-corrected chi connectivity index (χ0v) is 12.4. The van der Waals surface area contributed by atoms with Crippen LogP contribution in [-0.4, -0.2) is 5.78 Å². The third-order valence-electron chi connectivity index (χ3n) is 4.27. The van der Waals surface area contributed by atoms with Crippen LogP contribution in [0.5, 0.6) is 0 Å². The van der Waals surface area contributed by atoms with Gasteiger partial charge in [0.25, 0.3) is 0 Å². The monoisotopic (exact) mass is 264 g/mol. The van der Waals surface area contributed by atoms with Crippen molar-refractivity contribution in [3.05, 3.63) is 58.1 Å². The van der Waals surface area contributed by atoms with Crippen molar-refractivity contribution in [1.29, 1.82) is 0 Å². The maximum absolute atomic E-state index is 11.8. The average Bonchev–Trinajstić information content (AvgIpc) is 2.38. The summed E-state index contributed by atoms with van der Waals surface area (Å²) in [6, 6.07) is 10.9. The lowest BCUT2D eigenvalue weighted by molar-refractivity contribution is -0.118. The number of carbonyl (C=O) groups excluding carboxylic acids is 1. The van der Waals surface area contributed by atoms with E-state index in [1.165, 1.54) is 38.9 Å². The number of rotatable bonds is 1. The summed E-state index contributed by atoms with van der Waals surface area (Å²) < 4.78 is 0. The van der Waals surface area contributed by atoms with Gasteiger partial charge in [0.1, 0.15) is 5.78 Å². The summed E-state index contributed by atoms with van der Waals surface area (Å²) in [7, 11) is 0. The Hall–Kier alpha value is -1.89. The molecule has 0 radical (unpaired) electrons. The van der Waals surface area contributed by atoms with Crippen molar-refractivity contribution in [3.63, 3.8) is 0 Å². The SMILES string of the molecule is Cc1cc(C)c(-c2cccc3c2CC(=O)CC3)c(C)c1. The lowest BCUT2D eigenvalue weighted by atomic mass is 9.83. The Bertz CT molecular complexity index is 672. The molecular formula is C19H20O. The number of aryl methyl sites for hydroxylation is 4. The minimum Gasteiger partial charge on any atom is -0.299 e. The van der Waals surface area contributed by atoms with E-state index in [9.17, 15) is 4.79 Å². The molecule has 0 aliphatic heterocycles. The van der Waals surface area contributed by atoms with E-state index in [0.717, 1.165) is 6.42 Å². The molecule has 2 aromatic rings. The largest absolute Gasteiger partial charge is 0.299 e. The lowest BCUT2D eigenvalue weighted by Gasteiger charge is -2.21. The molecule has 2 aromatic carbocycles. The van der Waals surface area contributed by atoms with Gasteiger partial charge in [0.2, 0.25) is 0 Å². The summed E-state index contributed by atoms with van der Waals surface area (Å²) in [4.78, 5) is 11.8. The van der Waals surface area contributed by atoms with Crippen LogP contribution in [0.15, 0.2) is 30.3 Å². The van der Waals surface area contributed by atoms with Gasteiger partial charge in [-0.25, -0.2) is 0 Å². The van der Waals surface area contributed by atoms with E-state index in [1.54, 1.807) is 0 Å². The van der Waals surface area contributed by atoms with E-state index < -0.39 is 0 Å². The first-order chi connectivity index (χ1) is 9.56. The summed E-state index contributed by atoms with van der Waals surface area (Å²) in [6.45, 7) is 6.46. The maximum atomic E-state index is 11.8. The van der Waals surface area contributed by atoms with Crippen LogP contribution in [0, 0.1) is 20.8 Å². The van der Waals surface area contributed by atoms with Crippen molar-refractivity contribution in [1.82, 2.24) is 0 Å². The second-order valence-corrected chi connectivity index (χ2v) is 5.93. The Labute approximate surface area is 120 Å². The van der Waals surface area contributed by atoms with E-state index in [2.05, 4.69) is 51.1 Å². The van der Waals surface area contributed by atoms with Gasteiger partial charge in [-0.2, -0.15) is 0 Å². The molecule has 1 heteroatoms. The fourth-order valence-electron chi connectivity index (χ4n) is 3.48. The van der Waals surface area contributed by atoms with Crippen molar-refractivity contribution in [2.24, 2.45) is 0 Å². The fraction of sp³-hybridized carbons (Fsp3) is 0.316. The number of ketones is 1. The summed E-state index contributed by atoms with van der Waals surface area (Å²) in [5.41, 5.74) is 9.06. The van der Waals surface area contributed by atoms with Gasteiger partial charge in [0.05, 0.1) is 0 Å². The van der Waals surface area contributed by atoms with Crippen LogP contribution in [0.4, 0.5) is 0 Å². The van der Waals surface area contributed by atoms with Crippen LogP contribution < -0.4 is 0 Å². The van der Waals surface area contributed by atoms with Crippen molar-refractivity contribution in [3.8, 4) is 11.1 Å². The first kappa shape index (κ1) is 13.1. The molecule has 0 saturated carbocycles. The minimum atomic E-state index is 0.368. The number of carbonyl (C=O) groups is 1. The molecule has 20 heavy (non-hydrogen) atoms. The number of hydrogen-bond donors (Lipinski definition) is 0. The van der Waals surface area contributed by atoms with E-state index in [1.807, 2.05) is 0 Å². The second-order valence-electron chi connectivity index (χ2n) is 5.93. The van der Waals surface area contributed by atoms with E-state index >= 15 is 0 Å². The average molecular weight is 264 g/mol. The zero-order valence-electron chi connectivity index (χ0n) is 12.4. The third kappa shape index (κ3) is 2.18. The van der Waals surface area contributed by atoms with Gasteiger partial charge in [0, 0.05) is 12.8 Å². The first-order valence-corrected chi connectivity index (χ1v) is 7.27. The Kier molecular flexibility index (Phi) is 3.21. The molecule has 1 aliphatic rings. The number of Topliss-reactive ketones (excluding diaryl/α,β-unsaturated/α-hetero) is 1. The summed E-state index contributed by atoms with van der Waals surface area (Å²) >= 11 is 0. The quantitative estimate of drug-likeness (QED) is 0.749. The molecule has 0 bridgehead atoms. The third-order valence-corrected chi connectivity index (χ3v) is 4.27. The van der Waals surface area contributed by atoms with Gasteiger partial charge in [-0.1, -0.05) is 35.9 Å². The fourth-order valence-corrected chi connectivity index (χ4v) is 3.48. The van der Waals surface area contributed by atoms with Crippen LogP contribution >= 0.6 is 0 Å². The highest BCUT2D eigenvalue weighted by atomic mass is 16.1. The normalized spacial score (nSPS) is 14.2. The zero-order chi connectivity index (χ0) is 14.3. The van der Waals surface area contributed by atoms with Gasteiger partial charge in [-0.05, 0) is 60.6 Å². The van der Waals surface area contributed by atoms with E-state index in [-0.39, 0.29) is 0 Å². The molecule has 0 N–H and O–H groups in total. The molecule has 0 amide bonds. The molecule has 1 aliphatic carbocycles. The Morgan fingerprint density at radius 2 is 1.65 bits per heavy atom. The van der Waals surface area contributed by atoms with Crippen LogP contribution in [0.25, 0.3) is 11.1 Å². The molecule has 0 unspecified atom stereocenters. The highest BCUT2D eigenvalue weighted by Crippen LogP contribution is 2.35. The molecule has 0 saturated heterocycles.